The molecule has 0 amide bonds. The second-order valence-corrected chi connectivity index (χ2v) is 10.3. The highest BCUT2D eigenvalue weighted by Gasteiger charge is 2.22. The van der Waals surface area contributed by atoms with Gasteiger partial charge >= 0.3 is 0 Å². The van der Waals surface area contributed by atoms with Crippen LogP contribution < -0.4 is 0 Å². The van der Waals surface area contributed by atoms with E-state index < -0.39 is 0 Å². The highest BCUT2D eigenvalue weighted by Crippen LogP contribution is 2.37. The van der Waals surface area contributed by atoms with Crippen LogP contribution in [0.25, 0.3) is 33.3 Å². The molecule has 31 heavy (non-hydrogen) atoms. The second-order valence-electron chi connectivity index (χ2n) is 9.79. The van der Waals surface area contributed by atoms with Crippen molar-refractivity contribution in [1.29, 1.82) is 0 Å². The normalized spacial score (nSPS) is 12.5. The van der Waals surface area contributed by atoms with Crippen molar-refractivity contribution in [3.05, 3.63) is 71.8 Å². The standard InChI is InChI=1S/C28H32N2S/c1-7-28(6,8-2)22-15-11-20(12-16-22)24-18-17-23(25-26(24)30-31-29-25)19-9-13-21(14-10-19)27(3,4)5/h9-18H,7-8H2,1-6H3. The van der Waals surface area contributed by atoms with Crippen LogP contribution >= 0.6 is 11.7 Å². The topological polar surface area (TPSA) is 25.8 Å². The van der Waals surface area contributed by atoms with Crippen molar-refractivity contribution in [3.8, 4) is 22.3 Å². The van der Waals surface area contributed by atoms with Crippen molar-refractivity contribution in [2.45, 2.75) is 65.2 Å². The number of rotatable bonds is 5. The van der Waals surface area contributed by atoms with E-state index in [0.29, 0.717) is 0 Å². The quantitative estimate of drug-likeness (QED) is 0.319. The Balaban J connectivity index is 1.74. The molecule has 1 aromatic heterocycles. The summed E-state index contributed by atoms with van der Waals surface area (Å²) in [6.45, 7) is 13.6. The van der Waals surface area contributed by atoms with E-state index in [9.17, 15) is 0 Å². The Morgan fingerprint density at radius 1 is 0.613 bits per heavy atom. The first-order valence-electron chi connectivity index (χ1n) is 11.2. The maximum Gasteiger partial charge on any atom is 0.113 e. The smallest absolute Gasteiger partial charge is 0.113 e. The first-order chi connectivity index (χ1) is 14.8. The first-order valence-corrected chi connectivity index (χ1v) is 12.0. The molecule has 3 heteroatoms. The van der Waals surface area contributed by atoms with Crippen molar-refractivity contribution in [2.75, 3.05) is 0 Å². The molecule has 2 nitrogen and oxygen atoms in total. The third kappa shape index (κ3) is 4.04. The minimum Gasteiger partial charge on any atom is -0.172 e. The summed E-state index contributed by atoms with van der Waals surface area (Å²) in [7, 11) is 0. The number of hydrogen-bond acceptors (Lipinski definition) is 3. The molecule has 3 aromatic carbocycles. The van der Waals surface area contributed by atoms with Crippen molar-refractivity contribution >= 4 is 22.8 Å². The number of fused-ring (bicyclic) bond motifs is 1. The molecule has 1 heterocycles. The zero-order valence-corrected chi connectivity index (χ0v) is 20.3. The molecule has 0 fully saturated rings. The van der Waals surface area contributed by atoms with Crippen LogP contribution in [0, 0.1) is 0 Å². The fraction of sp³-hybridized carbons (Fsp3) is 0.357. The van der Waals surface area contributed by atoms with E-state index in [-0.39, 0.29) is 10.8 Å². The van der Waals surface area contributed by atoms with Crippen molar-refractivity contribution in [2.24, 2.45) is 0 Å². The molecule has 0 bridgehead atoms. The summed E-state index contributed by atoms with van der Waals surface area (Å²) in [5, 5.41) is 0. The molecule has 0 aliphatic carbocycles. The Kier molecular flexibility index (Phi) is 5.74. The van der Waals surface area contributed by atoms with Gasteiger partial charge in [-0.05, 0) is 45.9 Å². The van der Waals surface area contributed by atoms with Crippen LogP contribution in [0.4, 0.5) is 0 Å². The lowest BCUT2D eigenvalue weighted by Crippen LogP contribution is -2.19. The van der Waals surface area contributed by atoms with Crippen LogP contribution in [0.1, 0.15) is 65.5 Å². The molecule has 0 atom stereocenters. The van der Waals surface area contributed by atoms with Gasteiger partial charge in [0.2, 0.25) is 0 Å². The largest absolute Gasteiger partial charge is 0.172 e. The van der Waals surface area contributed by atoms with Gasteiger partial charge in [0.1, 0.15) is 11.0 Å². The van der Waals surface area contributed by atoms with E-state index in [2.05, 4.69) is 111 Å². The van der Waals surface area contributed by atoms with Gasteiger partial charge in [0.25, 0.3) is 0 Å². The molecule has 0 saturated carbocycles. The van der Waals surface area contributed by atoms with Gasteiger partial charge < -0.3 is 0 Å². The molecule has 4 aromatic rings. The molecule has 4 rings (SSSR count). The predicted octanol–water partition coefficient (Wildman–Crippen LogP) is 8.40. The van der Waals surface area contributed by atoms with Crippen molar-refractivity contribution < 1.29 is 0 Å². The van der Waals surface area contributed by atoms with Crippen molar-refractivity contribution in [3.63, 3.8) is 0 Å². The van der Waals surface area contributed by atoms with E-state index in [0.717, 1.165) is 35.0 Å². The third-order valence-corrected chi connectivity index (χ3v) is 7.46. The zero-order chi connectivity index (χ0) is 22.2. The molecule has 0 radical (unpaired) electrons. The average Bonchev–Trinajstić information content (AvgIpc) is 3.27. The Labute approximate surface area is 190 Å². The first kappa shape index (κ1) is 21.7. The summed E-state index contributed by atoms with van der Waals surface area (Å²) in [5.41, 5.74) is 9.80. The maximum absolute atomic E-state index is 4.67. The summed E-state index contributed by atoms with van der Waals surface area (Å²) in [6, 6.07) is 22.3. The molecule has 160 valence electrons. The van der Waals surface area contributed by atoms with Crippen LogP contribution in [0.2, 0.25) is 0 Å². The summed E-state index contributed by atoms with van der Waals surface area (Å²) in [4.78, 5) is 0. The average molecular weight is 429 g/mol. The number of benzene rings is 3. The predicted molar refractivity (Wildman–Crippen MR) is 135 cm³/mol. The SMILES string of the molecule is CCC(C)(CC)c1ccc(-c2ccc(-c3ccc(C(C)(C)C)cc3)c3nsnc23)cc1. The number of aromatic nitrogens is 2. The van der Waals surface area contributed by atoms with E-state index in [1.807, 2.05) is 0 Å². The van der Waals surface area contributed by atoms with Gasteiger partial charge in [-0.15, -0.1) is 0 Å². The Morgan fingerprint density at radius 3 is 1.42 bits per heavy atom. The molecule has 0 spiro atoms. The monoisotopic (exact) mass is 428 g/mol. The number of nitrogens with zero attached hydrogens (tertiary/aromatic N) is 2. The molecular formula is C28H32N2S. The third-order valence-electron chi connectivity index (χ3n) is 6.93. The van der Waals surface area contributed by atoms with Gasteiger partial charge in [-0.25, -0.2) is 0 Å². The van der Waals surface area contributed by atoms with Crippen LogP contribution in [0.5, 0.6) is 0 Å². The van der Waals surface area contributed by atoms with Gasteiger partial charge in [0, 0.05) is 11.1 Å². The summed E-state index contributed by atoms with van der Waals surface area (Å²) in [6.07, 6.45) is 2.29. The van der Waals surface area contributed by atoms with E-state index in [1.165, 1.54) is 34.0 Å². The lowest BCUT2D eigenvalue weighted by atomic mass is 9.77. The van der Waals surface area contributed by atoms with Crippen LogP contribution in [-0.4, -0.2) is 8.75 Å². The van der Waals surface area contributed by atoms with Crippen LogP contribution in [-0.2, 0) is 10.8 Å². The second kappa shape index (κ2) is 8.20. The molecule has 0 unspecified atom stereocenters. The molecular weight excluding hydrogens is 396 g/mol. The molecule has 0 N–H and O–H groups in total. The summed E-state index contributed by atoms with van der Waals surface area (Å²) < 4.78 is 9.34. The van der Waals surface area contributed by atoms with E-state index in [4.69, 9.17) is 0 Å². The Hall–Kier alpha value is -2.52. The fourth-order valence-electron chi connectivity index (χ4n) is 4.19. The van der Waals surface area contributed by atoms with Crippen LogP contribution in [0.3, 0.4) is 0 Å². The van der Waals surface area contributed by atoms with Gasteiger partial charge in [-0.2, -0.15) is 8.75 Å². The summed E-state index contributed by atoms with van der Waals surface area (Å²) >= 11 is 1.29. The van der Waals surface area contributed by atoms with Gasteiger partial charge in [0.05, 0.1) is 11.7 Å². The number of hydrogen-bond donors (Lipinski definition) is 0. The Morgan fingerprint density at radius 2 is 1.03 bits per heavy atom. The van der Waals surface area contributed by atoms with Gasteiger partial charge in [0.15, 0.2) is 0 Å². The minimum absolute atomic E-state index is 0.150. The van der Waals surface area contributed by atoms with Crippen LogP contribution in [0.15, 0.2) is 60.7 Å². The lowest BCUT2D eigenvalue weighted by Gasteiger charge is -2.27. The molecule has 0 aliphatic heterocycles. The van der Waals surface area contributed by atoms with Crippen molar-refractivity contribution in [1.82, 2.24) is 8.75 Å². The lowest BCUT2D eigenvalue weighted by molar-refractivity contribution is 0.439. The Bertz CT molecular complexity index is 1170. The van der Waals surface area contributed by atoms with E-state index >= 15 is 0 Å². The zero-order valence-electron chi connectivity index (χ0n) is 19.5. The highest BCUT2D eigenvalue weighted by molar-refractivity contribution is 7.00. The van der Waals surface area contributed by atoms with Gasteiger partial charge in [-0.3, -0.25) is 0 Å². The fourth-order valence-corrected chi connectivity index (χ4v) is 4.77. The minimum atomic E-state index is 0.150. The molecule has 0 saturated heterocycles. The highest BCUT2D eigenvalue weighted by atomic mass is 32.1. The van der Waals surface area contributed by atoms with Gasteiger partial charge in [-0.1, -0.05) is 102 Å². The van der Waals surface area contributed by atoms with E-state index in [1.54, 1.807) is 0 Å². The summed E-state index contributed by atoms with van der Waals surface area (Å²) in [5.74, 6) is 0. The maximum atomic E-state index is 4.67. The molecule has 0 aliphatic rings.